The Hall–Kier alpha value is -1.89. The van der Waals surface area contributed by atoms with E-state index in [1.165, 1.54) is 12.0 Å². The molecule has 1 amide bonds. The summed E-state index contributed by atoms with van der Waals surface area (Å²) >= 11 is 0. The first kappa shape index (κ1) is 22.8. The lowest BCUT2D eigenvalue weighted by Crippen LogP contribution is -2.41. The van der Waals surface area contributed by atoms with Gasteiger partial charge >= 0.3 is 0 Å². The highest BCUT2D eigenvalue weighted by Gasteiger charge is 2.26. The molecule has 0 bridgehead atoms. The summed E-state index contributed by atoms with van der Waals surface area (Å²) in [5.41, 5.74) is 1.95. The Labute approximate surface area is 186 Å². The number of nitrogens with zero attached hydrogens (tertiary/aromatic N) is 4. The summed E-state index contributed by atoms with van der Waals surface area (Å²) in [7, 11) is 2.19. The van der Waals surface area contributed by atoms with Crippen LogP contribution in [0.5, 0.6) is 0 Å². The maximum atomic E-state index is 12.9. The highest BCUT2D eigenvalue weighted by atomic mass is 35.5. The monoisotopic (exact) mass is 431 g/mol. The van der Waals surface area contributed by atoms with Crippen molar-refractivity contribution in [1.82, 2.24) is 24.9 Å². The van der Waals surface area contributed by atoms with Gasteiger partial charge in [0, 0.05) is 38.9 Å². The average molecular weight is 432 g/mol. The number of carbonyl (C=O) groups excluding carboxylic acids is 1. The SMILES string of the molecule is CN(Cc1ccccc1)CC1CCN(C(=O)c2ccn(C3CCCNC3)n2)CC1.Cl. The van der Waals surface area contributed by atoms with E-state index in [9.17, 15) is 4.79 Å². The smallest absolute Gasteiger partial charge is 0.274 e. The number of carbonyl (C=O) groups is 1. The molecule has 2 aliphatic heterocycles. The molecule has 6 nitrogen and oxygen atoms in total. The van der Waals surface area contributed by atoms with Crippen LogP contribution in [-0.2, 0) is 6.54 Å². The van der Waals surface area contributed by atoms with Crippen LogP contribution in [0, 0.1) is 5.92 Å². The summed E-state index contributed by atoms with van der Waals surface area (Å²) in [6.07, 6.45) is 6.40. The van der Waals surface area contributed by atoms with Gasteiger partial charge in [0.05, 0.1) is 6.04 Å². The molecular formula is C23H34ClN5O. The van der Waals surface area contributed by atoms with Crippen molar-refractivity contribution in [3.05, 3.63) is 53.9 Å². The first-order chi connectivity index (χ1) is 14.2. The quantitative estimate of drug-likeness (QED) is 0.763. The van der Waals surface area contributed by atoms with E-state index in [0.29, 0.717) is 17.7 Å². The number of aromatic nitrogens is 2. The van der Waals surface area contributed by atoms with Gasteiger partial charge in [-0.2, -0.15) is 5.10 Å². The molecule has 2 fully saturated rings. The van der Waals surface area contributed by atoms with E-state index in [4.69, 9.17) is 0 Å². The average Bonchev–Trinajstić information content (AvgIpc) is 3.25. The number of benzene rings is 1. The van der Waals surface area contributed by atoms with Gasteiger partial charge < -0.3 is 15.1 Å². The van der Waals surface area contributed by atoms with Crippen molar-refractivity contribution >= 4 is 18.3 Å². The molecule has 0 spiro atoms. The second-order valence-electron chi connectivity index (χ2n) is 8.60. The van der Waals surface area contributed by atoms with Crippen molar-refractivity contribution in [1.29, 1.82) is 0 Å². The van der Waals surface area contributed by atoms with Crippen molar-refractivity contribution < 1.29 is 4.79 Å². The van der Waals surface area contributed by atoms with E-state index in [1.54, 1.807) is 0 Å². The molecule has 3 heterocycles. The van der Waals surface area contributed by atoms with Crippen LogP contribution in [0.25, 0.3) is 0 Å². The van der Waals surface area contributed by atoms with E-state index < -0.39 is 0 Å². The van der Waals surface area contributed by atoms with E-state index in [1.807, 2.05) is 21.8 Å². The molecule has 2 saturated heterocycles. The minimum absolute atomic E-state index is 0. The third kappa shape index (κ3) is 5.84. The van der Waals surface area contributed by atoms with E-state index in [-0.39, 0.29) is 18.3 Å². The summed E-state index contributed by atoms with van der Waals surface area (Å²) in [4.78, 5) is 17.3. The number of hydrogen-bond acceptors (Lipinski definition) is 4. The minimum atomic E-state index is 0. The van der Waals surface area contributed by atoms with Crippen molar-refractivity contribution in [2.45, 2.75) is 38.3 Å². The third-order valence-electron chi connectivity index (χ3n) is 6.24. The maximum absolute atomic E-state index is 12.9. The molecular weight excluding hydrogens is 398 g/mol. The Balaban J connectivity index is 0.00000256. The number of rotatable bonds is 6. The van der Waals surface area contributed by atoms with Crippen LogP contribution in [0.15, 0.2) is 42.6 Å². The van der Waals surface area contributed by atoms with Crippen LogP contribution >= 0.6 is 12.4 Å². The van der Waals surface area contributed by atoms with Gasteiger partial charge in [-0.05, 0) is 56.8 Å². The molecule has 1 N–H and O–H groups in total. The molecule has 0 radical (unpaired) electrons. The Morgan fingerprint density at radius 3 is 2.63 bits per heavy atom. The fourth-order valence-electron chi connectivity index (χ4n) is 4.60. The van der Waals surface area contributed by atoms with Gasteiger partial charge in [0.25, 0.3) is 5.91 Å². The van der Waals surface area contributed by atoms with Crippen molar-refractivity contribution in [3.63, 3.8) is 0 Å². The van der Waals surface area contributed by atoms with E-state index in [2.05, 4.69) is 52.7 Å². The summed E-state index contributed by atoms with van der Waals surface area (Å²) < 4.78 is 1.98. The number of halogens is 1. The zero-order valence-electron chi connectivity index (χ0n) is 17.9. The first-order valence-corrected chi connectivity index (χ1v) is 11.0. The number of hydrogen-bond donors (Lipinski definition) is 1. The van der Waals surface area contributed by atoms with Crippen LogP contribution in [0.2, 0.25) is 0 Å². The van der Waals surface area contributed by atoms with Gasteiger partial charge in [-0.25, -0.2) is 0 Å². The number of piperidine rings is 2. The van der Waals surface area contributed by atoms with Crippen LogP contribution in [0.4, 0.5) is 0 Å². The van der Waals surface area contributed by atoms with Crippen LogP contribution in [0.3, 0.4) is 0 Å². The standard InChI is InChI=1S/C23H33N5O.ClH/c1-26(17-19-6-3-2-4-7-19)18-20-9-13-27(14-10-20)23(29)22-11-15-28(25-22)21-8-5-12-24-16-21;/h2-4,6-7,11,15,20-21,24H,5,8-10,12-14,16-18H2,1H3;1H. The van der Waals surface area contributed by atoms with Gasteiger partial charge in [0.15, 0.2) is 0 Å². The number of nitrogens with one attached hydrogen (secondary N) is 1. The van der Waals surface area contributed by atoms with Gasteiger partial charge in [-0.15, -0.1) is 12.4 Å². The molecule has 164 valence electrons. The number of likely N-dealkylation sites (tertiary alicyclic amines) is 1. The Morgan fingerprint density at radius 2 is 1.93 bits per heavy atom. The summed E-state index contributed by atoms with van der Waals surface area (Å²) in [6.45, 7) is 5.75. The fraction of sp³-hybridized carbons (Fsp3) is 0.565. The van der Waals surface area contributed by atoms with Crippen LogP contribution < -0.4 is 5.32 Å². The second kappa shape index (κ2) is 10.9. The van der Waals surface area contributed by atoms with Crippen molar-refractivity contribution in [2.75, 3.05) is 39.8 Å². The lowest BCUT2D eigenvalue weighted by Gasteiger charge is -2.33. The topological polar surface area (TPSA) is 53.4 Å². The van der Waals surface area contributed by atoms with Crippen molar-refractivity contribution in [3.8, 4) is 0 Å². The molecule has 0 aliphatic carbocycles. The number of amides is 1. The molecule has 0 saturated carbocycles. The normalized spacial score (nSPS) is 20.2. The highest BCUT2D eigenvalue weighted by molar-refractivity contribution is 5.92. The Morgan fingerprint density at radius 1 is 1.17 bits per heavy atom. The predicted octanol–water partition coefficient (Wildman–Crippen LogP) is 3.21. The van der Waals surface area contributed by atoms with Gasteiger partial charge in [-0.3, -0.25) is 9.48 Å². The third-order valence-corrected chi connectivity index (χ3v) is 6.24. The Kier molecular flexibility index (Phi) is 8.31. The fourth-order valence-corrected chi connectivity index (χ4v) is 4.60. The molecule has 2 aromatic rings. The second-order valence-corrected chi connectivity index (χ2v) is 8.60. The molecule has 4 rings (SSSR count). The van der Waals surface area contributed by atoms with Crippen LogP contribution in [-0.4, -0.2) is 65.3 Å². The predicted molar refractivity (Wildman–Crippen MR) is 122 cm³/mol. The highest BCUT2D eigenvalue weighted by Crippen LogP contribution is 2.21. The van der Waals surface area contributed by atoms with Gasteiger partial charge in [0.2, 0.25) is 0 Å². The zero-order chi connectivity index (χ0) is 20.1. The minimum Gasteiger partial charge on any atom is -0.337 e. The molecule has 30 heavy (non-hydrogen) atoms. The molecule has 1 aromatic carbocycles. The van der Waals surface area contributed by atoms with Gasteiger partial charge in [0.1, 0.15) is 5.69 Å². The largest absolute Gasteiger partial charge is 0.337 e. The Bertz CT molecular complexity index is 782. The molecule has 7 heteroatoms. The van der Waals surface area contributed by atoms with E-state index >= 15 is 0 Å². The molecule has 1 unspecified atom stereocenters. The molecule has 1 aromatic heterocycles. The first-order valence-electron chi connectivity index (χ1n) is 11.0. The van der Waals surface area contributed by atoms with E-state index in [0.717, 1.165) is 58.5 Å². The lowest BCUT2D eigenvalue weighted by atomic mass is 9.96. The molecule has 2 aliphatic rings. The van der Waals surface area contributed by atoms with Crippen molar-refractivity contribution in [2.24, 2.45) is 5.92 Å². The van der Waals surface area contributed by atoms with Gasteiger partial charge in [-0.1, -0.05) is 30.3 Å². The summed E-state index contributed by atoms with van der Waals surface area (Å²) in [5.74, 6) is 0.738. The van der Waals surface area contributed by atoms with Crippen LogP contribution in [0.1, 0.15) is 47.8 Å². The lowest BCUT2D eigenvalue weighted by molar-refractivity contribution is 0.0665. The maximum Gasteiger partial charge on any atom is 0.274 e. The summed E-state index contributed by atoms with van der Waals surface area (Å²) in [6, 6.07) is 12.9. The zero-order valence-corrected chi connectivity index (χ0v) is 18.7. The summed E-state index contributed by atoms with van der Waals surface area (Å²) in [5, 5.41) is 8.01. The molecule has 1 atom stereocenters.